The molecular formula is C11H16N4OS. The highest BCUT2D eigenvalue weighted by molar-refractivity contribution is 7.77. The number of hydrogen-bond donors (Lipinski definition) is 3. The van der Waals surface area contributed by atoms with Gasteiger partial charge in [0.25, 0.3) is 0 Å². The lowest BCUT2D eigenvalue weighted by atomic mass is 9.76. The average molecular weight is 252 g/mol. The van der Waals surface area contributed by atoms with Gasteiger partial charge in [0.15, 0.2) is 0 Å². The maximum atomic E-state index is 10.3. The third-order valence-corrected chi connectivity index (χ3v) is 4.30. The van der Waals surface area contributed by atoms with Crippen LogP contribution in [-0.4, -0.2) is 38.7 Å². The topological polar surface area (TPSA) is 61.3 Å². The second-order valence-corrected chi connectivity index (χ2v) is 5.36. The smallest absolute Gasteiger partial charge is 0.135 e. The largest absolute Gasteiger partial charge is 0.373 e. The third kappa shape index (κ3) is 1.71. The molecule has 0 bridgehead atoms. The van der Waals surface area contributed by atoms with E-state index in [0.717, 1.165) is 43.7 Å². The summed E-state index contributed by atoms with van der Waals surface area (Å²) in [5.41, 5.74) is 0.810. The van der Waals surface area contributed by atoms with E-state index < -0.39 is 6.23 Å². The lowest BCUT2D eigenvalue weighted by Gasteiger charge is -2.31. The SMILES string of the molecule is OC1Nc2ncncc2C12CCCN(S)CC2. The van der Waals surface area contributed by atoms with Gasteiger partial charge in [0.2, 0.25) is 0 Å². The van der Waals surface area contributed by atoms with Crippen molar-refractivity contribution < 1.29 is 5.11 Å². The Hall–Kier alpha value is -0.850. The molecule has 1 fully saturated rings. The van der Waals surface area contributed by atoms with Gasteiger partial charge in [-0.3, -0.25) is 4.31 Å². The van der Waals surface area contributed by atoms with Crippen LogP contribution >= 0.6 is 12.8 Å². The Morgan fingerprint density at radius 2 is 2.35 bits per heavy atom. The molecule has 2 N–H and O–H groups in total. The standard InChI is InChI=1S/C11H16N4OS/c16-10-11(2-1-4-15(17)5-3-11)8-6-12-7-13-9(8)14-10/h6-7,10,16-17H,1-5H2,(H,12,13,14). The number of nitrogens with zero attached hydrogens (tertiary/aromatic N) is 3. The van der Waals surface area contributed by atoms with Gasteiger partial charge in [-0.05, 0) is 19.3 Å². The van der Waals surface area contributed by atoms with Crippen LogP contribution in [0.15, 0.2) is 12.5 Å². The maximum Gasteiger partial charge on any atom is 0.135 e. The summed E-state index contributed by atoms with van der Waals surface area (Å²) >= 11 is 4.41. The van der Waals surface area contributed by atoms with Crippen molar-refractivity contribution in [2.24, 2.45) is 0 Å². The van der Waals surface area contributed by atoms with E-state index in [2.05, 4.69) is 28.1 Å². The maximum absolute atomic E-state index is 10.3. The van der Waals surface area contributed by atoms with Gasteiger partial charge in [0.05, 0.1) is 0 Å². The zero-order chi connectivity index (χ0) is 11.9. The third-order valence-electron chi connectivity index (χ3n) is 3.90. The molecule has 2 aliphatic heterocycles. The number of aliphatic hydroxyl groups is 1. The normalized spacial score (nSPS) is 33.2. The lowest BCUT2D eigenvalue weighted by molar-refractivity contribution is 0.105. The molecule has 2 atom stereocenters. The van der Waals surface area contributed by atoms with Crippen LogP contribution < -0.4 is 5.32 Å². The van der Waals surface area contributed by atoms with Crippen LogP contribution in [0.1, 0.15) is 24.8 Å². The van der Waals surface area contributed by atoms with E-state index in [0.29, 0.717) is 0 Å². The molecule has 0 aliphatic carbocycles. The first-order chi connectivity index (χ1) is 8.22. The summed E-state index contributed by atoms with van der Waals surface area (Å²) in [6.45, 7) is 1.83. The first-order valence-corrected chi connectivity index (χ1v) is 6.31. The Kier molecular flexibility index (Phi) is 2.72. The fourth-order valence-corrected chi connectivity index (χ4v) is 3.15. The Bertz CT molecular complexity index is 430. The van der Waals surface area contributed by atoms with E-state index in [1.165, 1.54) is 6.33 Å². The van der Waals surface area contributed by atoms with Crippen LogP contribution in [0.25, 0.3) is 0 Å². The summed E-state index contributed by atoms with van der Waals surface area (Å²) in [5.74, 6) is 0.778. The highest BCUT2D eigenvalue weighted by Gasteiger charge is 2.47. The van der Waals surface area contributed by atoms with E-state index in [9.17, 15) is 5.11 Å². The first-order valence-electron chi connectivity index (χ1n) is 5.91. The van der Waals surface area contributed by atoms with Gasteiger partial charge in [-0.1, -0.05) is 12.8 Å². The average Bonchev–Trinajstić information content (AvgIpc) is 2.48. The van der Waals surface area contributed by atoms with Crippen molar-refractivity contribution in [3.05, 3.63) is 18.1 Å². The Morgan fingerprint density at radius 1 is 1.47 bits per heavy atom. The van der Waals surface area contributed by atoms with Crippen molar-refractivity contribution in [2.45, 2.75) is 30.9 Å². The first kappa shape index (κ1) is 11.3. The Labute approximate surface area is 106 Å². The molecule has 0 amide bonds. The molecule has 0 radical (unpaired) electrons. The summed E-state index contributed by atoms with van der Waals surface area (Å²) in [6.07, 6.45) is 5.63. The van der Waals surface area contributed by atoms with Crippen molar-refractivity contribution in [1.29, 1.82) is 0 Å². The van der Waals surface area contributed by atoms with Gasteiger partial charge in [-0.25, -0.2) is 9.97 Å². The molecule has 1 saturated heterocycles. The summed E-state index contributed by atoms with van der Waals surface area (Å²) < 4.78 is 2.02. The summed E-state index contributed by atoms with van der Waals surface area (Å²) in [6, 6.07) is 0. The van der Waals surface area contributed by atoms with E-state index in [-0.39, 0.29) is 5.41 Å². The van der Waals surface area contributed by atoms with Crippen LogP contribution in [-0.2, 0) is 5.41 Å². The number of aliphatic hydroxyl groups excluding tert-OH is 1. The number of fused-ring (bicyclic) bond motifs is 2. The lowest BCUT2D eigenvalue weighted by Crippen LogP contribution is -2.39. The number of rotatable bonds is 0. The molecule has 6 heteroatoms. The molecule has 0 saturated carbocycles. The molecule has 1 aromatic rings. The fraction of sp³-hybridized carbons (Fsp3) is 0.636. The van der Waals surface area contributed by atoms with Crippen molar-refractivity contribution in [3.63, 3.8) is 0 Å². The molecule has 3 heterocycles. The minimum absolute atomic E-state index is 0.242. The molecule has 2 unspecified atom stereocenters. The van der Waals surface area contributed by atoms with E-state index in [4.69, 9.17) is 0 Å². The minimum atomic E-state index is -0.561. The van der Waals surface area contributed by atoms with E-state index in [1.54, 1.807) is 0 Å². The van der Waals surface area contributed by atoms with Crippen LogP contribution in [0, 0.1) is 0 Å². The summed E-state index contributed by atoms with van der Waals surface area (Å²) in [4.78, 5) is 8.29. The molecule has 1 spiro atoms. The summed E-state index contributed by atoms with van der Waals surface area (Å²) in [7, 11) is 0. The Morgan fingerprint density at radius 3 is 3.24 bits per heavy atom. The number of aromatic nitrogens is 2. The van der Waals surface area contributed by atoms with Crippen molar-refractivity contribution in [1.82, 2.24) is 14.3 Å². The predicted octanol–water partition coefficient (Wildman–Crippen LogP) is 0.789. The highest BCUT2D eigenvalue weighted by Crippen LogP contribution is 2.45. The fourth-order valence-electron chi connectivity index (χ4n) is 2.91. The number of thiol groups is 1. The zero-order valence-electron chi connectivity index (χ0n) is 9.50. The van der Waals surface area contributed by atoms with Crippen molar-refractivity contribution in [2.75, 3.05) is 18.4 Å². The van der Waals surface area contributed by atoms with Crippen LogP contribution in [0.4, 0.5) is 5.82 Å². The predicted molar refractivity (Wildman–Crippen MR) is 67.7 cm³/mol. The zero-order valence-corrected chi connectivity index (χ0v) is 10.4. The van der Waals surface area contributed by atoms with Gasteiger partial charge >= 0.3 is 0 Å². The van der Waals surface area contributed by atoms with Crippen molar-refractivity contribution >= 4 is 18.6 Å². The molecule has 2 aliphatic rings. The number of hydrogen-bond acceptors (Lipinski definition) is 6. The second-order valence-electron chi connectivity index (χ2n) is 4.80. The van der Waals surface area contributed by atoms with Gasteiger partial charge in [-0.15, -0.1) is 0 Å². The Balaban J connectivity index is 2.00. The molecule has 1 aromatic heterocycles. The number of anilines is 1. The van der Waals surface area contributed by atoms with Gasteiger partial charge in [-0.2, -0.15) is 0 Å². The monoisotopic (exact) mass is 252 g/mol. The molecule has 92 valence electrons. The quantitative estimate of drug-likeness (QED) is 0.596. The minimum Gasteiger partial charge on any atom is -0.373 e. The molecule has 0 aromatic carbocycles. The van der Waals surface area contributed by atoms with Crippen LogP contribution in [0.3, 0.4) is 0 Å². The van der Waals surface area contributed by atoms with Gasteiger partial charge in [0.1, 0.15) is 18.4 Å². The van der Waals surface area contributed by atoms with E-state index in [1.807, 2.05) is 10.5 Å². The highest BCUT2D eigenvalue weighted by atomic mass is 32.1. The van der Waals surface area contributed by atoms with Gasteiger partial charge in [0, 0.05) is 30.3 Å². The van der Waals surface area contributed by atoms with Crippen molar-refractivity contribution in [3.8, 4) is 0 Å². The molecular weight excluding hydrogens is 236 g/mol. The van der Waals surface area contributed by atoms with Gasteiger partial charge < -0.3 is 10.4 Å². The van der Waals surface area contributed by atoms with E-state index >= 15 is 0 Å². The molecule has 17 heavy (non-hydrogen) atoms. The van der Waals surface area contributed by atoms with Crippen LogP contribution in [0.5, 0.6) is 0 Å². The molecule has 3 rings (SSSR count). The number of nitrogens with one attached hydrogen (secondary N) is 1. The molecule has 5 nitrogen and oxygen atoms in total. The second kappa shape index (κ2) is 4.12. The summed E-state index contributed by atoms with van der Waals surface area (Å²) in [5, 5.41) is 13.4. The van der Waals surface area contributed by atoms with Crippen LogP contribution in [0.2, 0.25) is 0 Å².